The predicted octanol–water partition coefficient (Wildman–Crippen LogP) is 4.05. The highest BCUT2D eigenvalue weighted by Gasteiger charge is 2.30. The lowest BCUT2D eigenvalue weighted by Gasteiger charge is -2.07. The Morgan fingerprint density at radius 1 is 1.33 bits per heavy atom. The Kier molecular flexibility index (Phi) is 5.38. The van der Waals surface area contributed by atoms with Gasteiger partial charge in [-0.3, -0.25) is 9.59 Å². The lowest BCUT2D eigenvalue weighted by Crippen LogP contribution is -2.16. The van der Waals surface area contributed by atoms with Gasteiger partial charge in [-0.25, -0.2) is 4.98 Å². The van der Waals surface area contributed by atoms with Crippen molar-refractivity contribution >= 4 is 23.1 Å². The molecule has 1 heterocycles. The third kappa shape index (κ3) is 4.64. The minimum Gasteiger partial charge on any atom is -0.481 e. The molecule has 2 rings (SSSR count). The average molecular weight is 357 g/mol. The molecule has 0 unspecified atom stereocenters. The largest absolute Gasteiger partial charge is 0.481 e. The number of halogens is 3. The Balaban J connectivity index is 2.11. The van der Waals surface area contributed by atoms with Gasteiger partial charge in [0.15, 0.2) is 0 Å². The molecule has 0 radical (unpaired) electrons. The summed E-state index contributed by atoms with van der Waals surface area (Å²) < 4.78 is 38.2. The fourth-order valence-corrected chi connectivity index (χ4v) is 2.87. The van der Waals surface area contributed by atoms with Gasteiger partial charge in [-0.1, -0.05) is 19.1 Å². The maximum absolute atomic E-state index is 12.7. The van der Waals surface area contributed by atoms with Crippen LogP contribution < -0.4 is 0 Å². The third-order valence-electron chi connectivity index (χ3n) is 3.32. The molecule has 1 aromatic heterocycles. The smallest absolute Gasteiger partial charge is 0.416 e. The number of aliphatic carboxylic acids is 1. The Labute approximate surface area is 140 Å². The van der Waals surface area contributed by atoms with E-state index in [1.54, 1.807) is 5.38 Å². The topological polar surface area (TPSA) is 67.3 Å². The van der Waals surface area contributed by atoms with Gasteiger partial charge in [0.05, 0.1) is 17.2 Å². The van der Waals surface area contributed by atoms with Gasteiger partial charge in [0.25, 0.3) is 0 Å². The number of Topliss-reactive ketones (excluding diaryl/α,β-unsaturated/α-hetero) is 1. The zero-order valence-corrected chi connectivity index (χ0v) is 13.4. The number of benzene rings is 1. The van der Waals surface area contributed by atoms with Crippen molar-refractivity contribution < 1.29 is 27.9 Å². The van der Waals surface area contributed by atoms with Crippen molar-refractivity contribution in [1.82, 2.24) is 4.98 Å². The zero-order chi connectivity index (χ0) is 17.9. The van der Waals surface area contributed by atoms with E-state index in [0.29, 0.717) is 16.3 Å². The molecular formula is C16H14F3NO3S. The first kappa shape index (κ1) is 18.1. The summed E-state index contributed by atoms with van der Waals surface area (Å²) in [5.41, 5.74) is -0.00876. The number of carboxylic acid groups (broad SMARTS) is 1. The minimum atomic E-state index is -4.43. The number of nitrogens with zero attached hydrogens (tertiary/aromatic N) is 1. The highest BCUT2D eigenvalue weighted by Crippen LogP contribution is 2.33. The predicted molar refractivity (Wildman–Crippen MR) is 82.7 cm³/mol. The van der Waals surface area contributed by atoms with Gasteiger partial charge in [0.1, 0.15) is 10.8 Å². The van der Waals surface area contributed by atoms with E-state index in [1.807, 2.05) is 0 Å². The van der Waals surface area contributed by atoms with E-state index in [9.17, 15) is 22.8 Å². The number of ketones is 1. The maximum atomic E-state index is 12.7. The maximum Gasteiger partial charge on any atom is 0.416 e. The van der Waals surface area contributed by atoms with E-state index >= 15 is 0 Å². The van der Waals surface area contributed by atoms with Crippen LogP contribution in [0.25, 0.3) is 10.6 Å². The molecule has 0 aliphatic rings. The fourth-order valence-electron chi connectivity index (χ4n) is 2.05. The lowest BCUT2D eigenvalue weighted by molar-refractivity contribution is -0.143. The Morgan fingerprint density at radius 3 is 2.67 bits per heavy atom. The molecule has 1 aromatic carbocycles. The number of carbonyl (C=O) groups is 2. The molecular weight excluding hydrogens is 343 g/mol. The van der Waals surface area contributed by atoms with E-state index in [4.69, 9.17) is 5.11 Å². The van der Waals surface area contributed by atoms with Gasteiger partial charge < -0.3 is 5.11 Å². The van der Waals surface area contributed by atoms with Crippen molar-refractivity contribution in [3.63, 3.8) is 0 Å². The van der Waals surface area contributed by atoms with Crippen LogP contribution in [-0.2, 0) is 22.2 Å². The molecule has 0 aliphatic carbocycles. The number of thiazole rings is 1. The first-order chi connectivity index (χ1) is 11.2. The second-order valence-corrected chi connectivity index (χ2v) is 6.24. The molecule has 8 heteroatoms. The Bertz CT molecular complexity index is 755. The first-order valence-corrected chi connectivity index (χ1v) is 7.91. The van der Waals surface area contributed by atoms with E-state index in [0.717, 1.165) is 23.5 Å². The van der Waals surface area contributed by atoms with Gasteiger partial charge in [-0.2, -0.15) is 13.2 Å². The van der Waals surface area contributed by atoms with Crippen LogP contribution in [-0.4, -0.2) is 21.8 Å². The van der Waals surface area contributed by atoms with Crippen LogP contribution >= 0.6 is 11.3 Å². The van der Waals surface area contributed by atoms with Crippen molar-refractivity contribution in [3.05, 3.63) is 40.9 Å². The van der Waals surface area contributed by atoms with Crippen molar-refractivity contribution in [1.29, 1.82) is 0 Å². The van der Waals surface area contributed by atoms with E-state index in [2.05, 4.69) is 4.98 Å². The Morgan fingerprint density at radius 2 is 2.04 bits per heavy atom. The summed E-state index contributed by atoms with van der Waals surface area (Å²) in [5, 5.41) is 10.8. The molecule has 0 saturated heterocycles. The van der Waals surface area contributed by atoms with Crippen molar-refractivity contribution in [2.24, 2.45) is 5.92 Å². The molecule has 0 fully saturated rings. The normalized spacial score (nSPS) is 12.8. The van der Waals surface area contributed by atoms with Gasteiger partial charge in [-0.05, 0) is 12.1 Å². The minimum absolute atomic E-state index is 0.0346. The van der Waals surface area contributed by atoms with Crippen molar-refractivity contribution in [2.45, 2.75) is 25.9 Å². The van der Waals surface area contributed by atoms with Crippen LogP contribution in [0.5, 0.6) is 0 Å². The van der Waals surface area contributed by atoms with Crippen molar-refractivity contribution in [3.8, 4) is 10.6 Å². The van der Waals surface area contributed by atoms with Crippen LogP contribution in [0.4, 0.5) is 13.2 Å². The van der Waals surface area contributed by atoms with Gasteiger partial charge in [0.2, 0.25) is 0 Å². The van der Waals surface area contributed by atoms with E-state index < -0.39 is 23.6 Å². The van der Waals surface area contributed by atoms with Gasteiger partial charge in [-0.15, -0.1) is 11.3 Å². The van der Waals surface area contributed by atoms with Gasteiger partial charge in [0, 0.05) is 23.8 Å². The van der Waals surface area contributed by atoms with Crippen LogP contribution in [0, 0.1) is 5.92 Å². The summed E-state index contributed by atoms with van der Waals surface area (Å²) in [4.78, 5) is 26.7. The molecule has 0 bridgehead atoms. The monoisotopic (exact) mass is 357 g/mol. The number of carboxylic acids is 1. The summed E-state index contributed by atoms with van der Waals surface area (Å²) in [6.45, 7) is 1.44. The zero-order valence-electron chi connectivity index (χ0n) is 12.6. The van der Waals surface area contributed by atoms with E-state index in [1.165, 1.54) is 19.1 Å². The molecule has 0 spiro atoms. The summed E-state index contributed by atoms with van der Waals surface area (Å²) in [6, 6.07) is 4.82. The summed E-state index contributed by atoms with van der Waals surface area (Å²) in [7, 11) is 0. The third-order valence-corrected chi connectivity index (χ3v) is 4.26. The molecule has 0 amide bonds. The molecule has 128 valence electrons. The molecule has 0 saturated carbocycles. The number of aromatic nitrogens is 1. The SMILES string of the molecule is C[C@H](CC(=O)Cc1csc(-c2cccc(C(F)(F)F)c2)n1)C(=O)O. The van der Waals surface area contributed by atoms with Gasteiger partial charge >= 0.3 is 12.1 Å². The van der Waals surface area contributed by atoms with E-state index in [-0.39, 0.29) is 18.6 Å². The second-order valence-electron chi connectivity index (χ2n) is 5.38. The number of hydrogen-bond donors (Lipinski definition) is 1. The second kappa shape index (κ2) is 7.12. The average Bonchev–Trinajstić information content (AvgIpc) is 2.94. The van der Waals surface area contributed by atoms with Crippen LogP contribution in [0.2, 0.25) is 0 Å². The molecule has 0 aliphatic heterocycles. The summed E-state index contributed by atoms with van der Waals surface area (Å²) in [5.74, 6) is -2.10. The number of alkyl halides is 3. The molecule has 2 aromatic rings. The lowest BCUT2D eigenvalue weighted by atomic mass is 10.0. The standard InChI is InChI=1S/C16H14F3NO3S/c1-9(15(22)23)5-13(21)7-12-8-24-14(20-12)10-3-2-4-11(6-10)16(17,18)19/h2-4,6,8-9H,5,7H2,1H3,(H,22,23)/t9-/m1/s1. The highest BCUT2D eigenvalue weighted by atomic mass is 32.1. The summed E-state index contributed by atoms with van der Waals surface area (Å²) >= 11 is 1.14. The Hall–Kier alpha value is -2.22. The van der Waals surface area contributed by atoms with Crippen LogP contribution in [0.3, 0.4) is 0 Å². The van der Waals surface area contributed by atoms with Crippen LogP contribution in [0.15, 0.2) is 29.6 Å². The molecule has 24 heavy (non-hydrogen) atoms. The first-order valence-electron chi connectivity index (χ1n) is 7.03. The van der Waals surface area contributed by atoms with Crippen LogP contribution in [0.1, 0.15) is 24.6 Å². The number of hydrogen-bond acceptors (Lipinski definition) is 4. The highest BCUT2D eigenvalue weighted by molar-refractivity contribution is 7.13. The molecule has 1 atom stereocenters. The molecule has 1 N–H and O–H groups in total. The fraction of sp³-hybridized carbons (Fsp3) is 0.312. The number of rotatable bonds is 6. The summed E-state index contributed by atoms with van der Waals surface area (Å²) in [6.07, 6.45) is -4.57. The van der Waals surface area contributed by atoms with Crippen molar-refractivity contribution in [2.75, 3.05) is 0 Å². The quantitative estimate of drug-likeness (QED) is 0.847. The molecule has 4 nitrogen and oxygen atoms in total. The number of carbonyl (C=O) groups excluding carboxylic acids is 1.